The van der Waals surface area contributed by atoms with E-state index in [-0.39, 0.29) is 11.8 Å². The standard InChI is InChI=1S/C29H27N7O2/c37-28(35-33-18-20-3-9-26-23(16-20)11-14-31-26)2-1-13-30-25-7-5-22(6-8-25)29(38)36-34-19-21-4-10-27-24(17-21)12-15-32-27/h3-12,14-19,30-32H,1-2,13H2,(H,35,37)(H,36,38)/b33-18+,34-19+. The lowest BCUT2D eigenvalue weighted by molar-refractivity contribution is -0.121. The Balaban J connectivity index is 1.00. The number of benzene rings is 3. The number of carbonyl (C=O) groups excluding carboxylic acids is 2. The summed E-state index contributed by atoms with van der Waals surface area (Å²) in [5, 5.41) is 13.5. The van der Waals surface area contributed by atoms with Crippen LogP contribution in [0.2, 0.25) is 0 Å². The first-order valence-electron chi connectivity index (χ1n) is 12.3. The van der Waals surface area contributed by atoms with Crippen molar-refractivity contribution in [3.8, 4) is 0 Å². The molecule has 0 aliphatic rings. The van der Waals surface area contributed by atoms with E-state index in [1.54, 1.807) is 24.6 Å². The molecule has 2 aromatic heterocycles. The molecule has 2 amide bonds. The van der Waals surface area contributed by atoms with Gasteiger partial charge in [0.25, 0.3) is 5.91 Å². The van der Waals surface area contributed by atoms with Crippen molar-refractivity contribution in [1.29, 1.82) is 0 Å². The molecular weight excluding hydrogens is 478 g/mol. The maximum atomic E-state index is 12.4. The lowest BCUT2D eigenvalue weighted by atomic mass is 10.2. The highest BCUT2D eigenvalue weighted by atomic mass is 16.2. The van der Waals surface area contributed by atoms with Crippen LogP contribution >= 0.6 is 0 Å². The number of amides is 2. The fraction of sp³-hybridized carbons (Fsp3) is 0.103. The smallest absolute Gasteiger partial charge is 0.271 e. The number of carbonyl (C=O) groups is 2. The van der Waals surface area contributed by atoms with Crippen LogP contribution in [0.1, 0.15) is 34.3 Å². The Hall–Kier alpha value is -5.18. The van der Waals surface area contributed by atoms with Crippen LogP contribution < -0.4 is 16.2 Å². The summed E-state index contributed by atoms with van der Waals surface area (Å²) in [6.07, 6.45) is 8.00. The number of nitrogens with one attached hydrogen (secondary N) is 5. The molecule has 2 heterocycles. The minimum absolute atomic E-state index is 0.147. The number of aromatic nitrogens is 2. The average molecular weight is 506 g/mol. The molecule has 0 fully saturated rings. The average Bonchev–Trinajstić information content (AvgIpc) is 3.60. The summed E-state index contributed by atoms with van der Waals surface area (Å²) < 4.78 is 0. The van der Waals surface area contributed by atoms with Gasteiger partial charge in [-0.15, -0.1) is 0 Å². The Morgan fingerprint density at radius 3 is 1.97 bits per heavy atom. The van der Waals surface area contributed by atoms with Gasteiger partial charge in [0.05, 0.1) is 12.4 Å². The first-order valence-corrected chi connectivity index (χ1v) is 12.3. The minimum Gasteiger partial charge on any atom is -0.385 e. The number of H-pyrrole nitrogens is 2. The van der Waals surface area contributed by atoms with Crippen molar-refractivity contribution in [1.82, 2.24) is 20.8 Å². The predicted molar refractivity (Wildman–Crippen MR) is 152 cm³/mol. The maximum absolute atomic E-state index is 12.4. The van der Waals surface area contributed by atoms with Crippen molar-refractivity contribution in [3.63, 3.8) is 0 Å². The van der Waals surface area contributed by atoms with E-state index in [1.807, 2.05) is 73.1 Å². The monoisotopic (exact) mass is 505 g/mol. The summed E-state index contributed by atoms with van der Waals surface area (Å²) >= 11 is 0. The second-order valence-corrected chi connectivity index (χ2v) is 8.75. The molecule has 0 radical (unpaired) electrons. The molecule has 0 aliphatic carbocycles. The van der Waals surface area contributed by atoms with E-state index >= 15 is 0 Å². The van der Waals surface area contributed by atoms with E-state index in [1.165, 1.54) is 0 Å². The largest absolute Gasteiger partial charge is 0.385 e. The van der Waals surface area contributed by atoms with Crippen LogP contribution in [0.4, 0.5) is 5.69 Å². The Bertz CT molecular complexity index is 1610. The molecule has 0 saturated heterocycles. The number of nitrogens with zero attached hydrogens (tertiary/aromatic N) is 2. The molecule has 0 aliphatic heterocycles. The van der Waals surface area contributed by atoms with Gasteiger partial charge < -0.3 is 15.3 Å². The number of rotatable bonds is 10. The number of hydrogen-bond donors (Lipinski definition) is 5. The van der Waals surface area contributed by atoms with Crippen LogP contribution in [0.3, 0.4) is 0 Å². The number of aromatic amines is 2. The zero-order valence-corrected chi connectivity index (χ0v) is 20.6. The summed E-state index contributed by atoms with van der Waals surface area (Å²) in [6, 6.07) is 22.9. The van der Waals surface area contributed by atoms with Crippen LogP contribution in [0.25, 0.3) is 21.8 Å². The van der Waals surface area contributed by atoms with E-state index < -0.39 is 0 Å². The highest BCUT2D eigenvalue weighted by Crippen LogP contribution is 2.14. The van der Waals surface area contributed by atoms with E-state index in [2.05, 4.69) is 36.3 Å². The van der Waals surface area contributed by atoms with E-state index in [4.69, 9.17) is 0 Å². The fourth-order valence-corrected chi connectivity index (χ4v) is 3.99. The van der Waals surface area contributed by atoms with Gasteiger partial charge in [0.15, 0.2) is 0 Å². The fourth-order valence-electron chi connectivity index (χ4n) is 3.99. The van der Waals surface area contributed by atoms with Gasteiger partial charge >= 0.3 is 0 Å². The van der Waals surface area contributed by atoms with E-state index in [0.29, 0.717) is 24.9 Å². The van der Waals surface area contributed by atoms with Crippen molar-refractivity contribution < 1.29 is 9.59 Å². The zero-order valence-electron chi connectivity index (χ0n) is 20.6. The van der Waals surface area contributed by atoms with Crippen LogP contribution in [0, 0.1) is 0 Å². The summed E-state index contributed by atoms with van der Waals surface area (Å²) in [7, 11) is 0. The summed E-state index contributed by atoms with van der Waals surface area (Å²) in [6.45, 7) is 0.614. The van der Waals surface area contributed by atoms with Crippen molar-refractivity contribution in [2.24, 2.45) is 10.2 Å². The third-order valence-electron chi connectivity index (χ3n) is 5.99. The van der Waals surface area contributed by atoms with Gasteiger partial charge in [-0.25, -0.2) is 10.9 Å². The Morgan fingerprint density at radius 1 is 0.737 bits per heavy atom. The molecule has 5 rings (SSSR count). The lowest BCUT2D eigenvalue weighted by Gasteiger charge is -2.07. The summed E-state index contributed by atoms with van der Waals surface area (Å²) in [5.74, 6) is -0.438. The Labute approximate surface area is 219 Å². The first-order chi connectivity index (χ1) is 18.6. The maximum Gasteiger partial charge on any atom is 0.271 e. The molecule has 5 N–H and O–H groups in total. The van der Waals surface area contributed by atoms with Crippen LogP contribution in [-0.4, -0.2) is 40.8 Å². The highest BCUT2D eigenvalue weighted by Gasteiger charge is 2.05. The number of hydrogen-bond acceptors (Lipinski definition) is 5. The number of anilines is 1. The molecule has 9 nitrogen and oxygen atoms in total. The van der Waals surface area contributed by atoms with Crippen LogP contribution in [0.15, 0.2) is 95.4 Å². The van der Waals surface area contributed by atoms with Gasteiger partial charge in [-0.3, -0.25) is 9.59 Å². The molecule has 0 saturated carbocycles. The summed E-state index contributed by atoms with van der Waals surface area (Å²) in [5.41, 5.74) is 10.4. The second-order valence-electron chi connectivity index (χ2n) is 8.75. The topological polar surface area (TPSA) is 127 Å². The molecule has 5 aromatic rings. The van der Waals surface area contributed by atoms with E-state index in [0.717, 1.165) is 38.6 Å². The molecule has 38 heavy (non-hydrogen) atoms. The number of fused-ring (bicyclic) bond motifs is 2. The third-order valence-corrected chi connectivity index (χ3v) is 5.99. The van der Waals surface area contributed by atoms with E-state index in [9.17, 15) is 9.59 Å². The lowest BCUT2D eigenvalue weighted by Crippen LogP contribution is -2.18. The molecule has 0 bridgehead atoms. The summed E-state index contributed by atoms with van der Waals surface area (Å²) in [4.78, 5) is 30.7. The molecule has 190 valence electrons. The quantitative estimate of drug-likeness (QED) is 0.107. The van der Waals surface area contributed by atoms with Gasteiger partial charge in [0.2, 0.25) is 5.91 Å². The van der Waals surface area contributed by atoms with Gasteiger partial charge in [0.1, 0.15) is 0 Å². The van der Waals surface area contributed by atoms with Crippen molar-refractivity contribution in [2.75, 3.05) is 11.9 Å². The molecule has 9 heteroatoms. The molecule has 3 aromatic carbocycles. The molecule has 0 spiro atoms. The zero-order chi connectivity index (χ0) is 26.2. The van der Waals surface area contributed by atoms with Gasteiger partial charge in [-0.1, -0.05) is 12.1 Å². The third kappa shape index (κ3) is 6.33. The van der Waals surface area contributed by atoms with Gasteiger partial charge in [0, 0.05) is 47.6 Å². The van der Waals surface area contributed by atoms with Crippen LogP contribution in [0.5, 0.6) is 0 Å². The SMILES string of the molecule is O=C(CCCNc1ccc(C(=O)N/N=C/c2ccc3[nH]ccc3c2)cc1)N/N=C/c1ccc2[nH]ccc2c1. The van der Waals surface area contributed by atoms with Crippen molar-refractivity contribution in [3.05, 3.63) is 102 Å². The highest BCUT2D eigenvalue weighted by molar-refractivity contribution is 5.95. The predicted octanol–water partition coefficient (Wildman–Crippen LogP) is 4.76. The minimum atomic E-state index is -0.291. The molecular formula is C29H27N7O2. The normalized spacial score (nSPS) is 11.5. The molecule has 0 atom stereocenters. The van der Waals surface area contributed by atoms with Gasteiger partial charge in [-0.05, 0) is 89.0 Å². The molecule has 0 unspecified atom stereocenters. The van der Waals surface area contributed by atoms with Crippen molar-refractivity contribution >= 4 is 51.7 Å². The Morgan fingerprint density at radius 2 is 1.34 bits per heavy atom. The first kappa shape index (κ1) is 24.5. The van der Waals surface area contributed by atoms with Crippen LogP contribution in [-0.2, 0) is 4.79 Å². The van der Waals surface area contributed by atoms with Gasteiger partial charge in [-0.2, -0.15) is 10.2 Å². The van der Waals surface area contributed by atoms with Crippen molar-refractivity contribution in [2.45, 2.75) is 12.8 Å². The second kappa shape index (κ2) is 11.7. The number of hydrazone groups is 2. The Kier molecular flexibility index (Phi) is 7.55.